The molecule has 6 nitrogen and oxygen atoms in total. The molecule has 7 heteroatoms. The van der Waals surface area contributed by atoms with Crippen LogP contribution in [0.2, 0.25) is 0 Å². The Balaban J connectivity index is 2.15. The maximum Gasteiger partial charge on any atom is 0.187 e. The molecule has 4 N–H and O–H groups in total. The van der Waals surface area contributed by atoms with Gasteiger partial charge in [-0.05, 0) is 46.8 Å². The number of benzene rings is 2. The van der Waals surface area contributed by atoms with Crippen LogP contribution in [0, 0.1) is 0 Å². The zero-order valence-electron chi connectivity index (χ0n) is 10.4. The van der Waals surface area contributed by atoms with Crippen LogP contribution in [0.15, 0.2) is 46.9 Å². The van der Waals surface area contributed by atoms with E-state index in [1.165, 1.54) is 0 Å². The van der Waals surface area contributed by atoms with E-state index in [2.05, 4.69) is 31.5 Å². The van der Waals surface area contributed by atoms with Crippen LogP contribution in [0.3, 0.4) is 0 Å². The van der Waals surface area contributed by atoms with Crippen molar-refractivity contribution < 1.29 is 0 Å². The lowest BCUT2D eigenvalue weighted by atomic mass is 10.1. The van der Waals surface area contributed by atoms with Crippen LogP contribution in [0.4, 0.5) is 11.4 Å². The van der Waals surface area contributed by atoms with Crippen molar-refractivity contribution in [1.29, 1.82) is 0 Å². The zero-order chi connectivity index (χ0) is 14.1. The molecule has 0 saturated heterocycles. The zero-order valence-corrected chi connectivity index (χ0v) is 11.9. The van der Waals surface area contributed by atoms with Crippen LogP contribution in [0.5, 0.6) is 0 Å². The van der Waals surface area contributed by atoms with Crippen LogP contribution >= 0.6 is 15.9 Å². The average molecular weight is 331 g/mol. The molecule has 1 heterocycles. The third-order valence-electron chi connectivity index (χ3n) is 2.76. The van der Waals surface area contributed by atoms with Crippen molar-refractivity contribution >= 4 is 27.3 Å². The van der Waals surface area contributed by atoms with Gasteiger partial charge in [0.15, 0.2) is 5.82 Å². The van der Waals surface area contributed by atoms with E-state index in [-0.39, 0.29) is 0 Å². The van der Waals surface area contributed by atoms with Gasteiger partial charge in [-0.15, -0.1) is 5.10 Å². The minimum atomic E-state index is 0.573. The molecule has 0 saturated carbocycles. The van der Waals surface area contributed by atoms with E-state index in [0.717, 1.165) is 15.7 Å². The summed E-state index contributed by atoms with van der Waals surface area (Å²) in [7, 11) is 0. The smallest absolute Gasteiger partial charge is 0.187 e. The molecular weight excluding hydrogens is 320 g/mol. The Morgan fingerprint density at radius 3 is 2.45 bits per heavy atom. The summed E-state index contributed by atoms with van der Waals surface area (Å²) in [5.41, 5.74) is 14.4. The highest BCUT2D eigenvalue weighted by molar-refractivity contribution is 9.10. The van der Waals surface area contributed by atoms with Crippen LogP contribution in [0.1, 0.15) is 0 Å². The van der Waals surface area contributed by atoms with Gasteiger partial charge >= 0.3 is 0 Å². The molecule has 0 aliphatic rings. The SMILES string of the molecule is Nc1cc(N)cc(-c2nnnn2-c2cccc(Br)c2)c1. The molecule has 0 aliphatic carbocycles. The van der Waals surface area contributed by atoms with Gasteiger partial charge in [0, 0.05) is 21.4 Å². The van der Waals surface area contributed by atoms with Gasteiger partial charge in [-0.25, -0.2) is 0 Å². The van der Waals surface area contributed by atoms with Crippen molar-refractivity contribution in [2.75, 3.05) is 11.5 Å². The molecule has 3 rings (SSSR count). The number of tetrazole rings is 1. The first-order chi connectivity index (χ1) is 9.63. The summed E-state index contributed by atoms with van der Waals surface area (Å²) in [5.74, 6) is 0.585. The average Bonchev–Trinajstić information content (AvgIpc) is 2.86. The Morgan fingerprint density at radius 1 is 1.00 bits per heavy atom. The topological polar surface area (TPSA) is 95.6 Å². The molecule has 1 aromatic heterocycles. The Morgan fingerprint density at radius 2 is 1.75 bits per heavy atom. The highest BCUT2D eigenvalue weighted by atomic mass is 79.9. The van der Waals surface area contributed by atoms with E-state index in [4.69, 9.17) is 11.5 Å². The lowest BCUT2D eigenvalue weighted by Gasteiger charge is -2.06. The van der Waals surface area contributed by atoms with Gasteiger partial charge in [0.25, 0.3) is 0 Å². The van der Waals surface area contributed by atoms with Gasteiger partial charge in [-0.2, -0.15) is 4.68 Å². The van der Waals surface area contributed by atoms with Gasteiger partial charge in [-0.3, -0.25) is 0 Å². The molecule has 0 atom stereocenters. The number of aromatic nitrogens is 4. The predicted molar refractivity (Wildman–Crippen MR) is 81.1 cm³/mol. The summed E-state index contributed by atoms with van der Waals surface area (Å²) < 4.78 is 2.59. The lowest BCUT2D eigenvalue weighted by molar-refractivity contribution is 0.791. The summed E-state index contributed by atoms with van der Waals surface area (Å²) >= 11 is 3.43. The van der Waals surface area contributed by atoms with Crippen molar-refractivity contribution in [2.45, 2.75) is 0 Å². The summed E-state index contributed by atoms with van der Waals surface area (Å²) in [6.07, 6.45) is 0. The Labute approximate surface area is 123 Å². The van der Waals surface area contributed by atoms with E-state index in [1.807, 2.05) is 24.3 Å². The summed E-state index contributed by atoms with van der Waals surface area (Å²) in [5, 5.41) is 11.8. The Hall–Kier alpha value is -2.41. The largest absolute Gasteiger partial charge is 0.399 e. The van der Waals surface area contributed by atoms with Crippen LogP contribution < -0.4 is 11.5 Å². The highest BCUT2D eigenvalue weighted by Crippen LogP contribution is 2.25. The molecule has 2 aromatic carbocycles. The fourth-order valence-corrected chi connectivity index (χ4v) is 2.34. The second-order valence-corrected chi connectivity index (χ2v) is 5.20. The highest BCUT2D eigenvalue weighted by Gasteiger charge is 2.12. The number of nitrogens with two attached hydrogens (primary N) is 2. The normalized spacial score (nSPS) is 10.7. The summed E-state index contributed by atoms with van der Waals surface area (Å²) in [6, 6.07) is 13.0. The fourth-order valence-electron chi connectivity index (χ4n) is 1.95. The van der Waals surface area contributed by atoms with Crippen molar-refractivity contribution in [3.8, 4) is 17.1 Å². The minimum absolute atomic E-state index is 0.573. The minimum Gasteiger partial charge on any atom is -0.399 e. The number of rotatable bonds is 2. The van der Waals surface area contributed by atoms with E-state index < -0.39 is 0 Å². The second kappa shape index (κ2) is 4.93. The molecule has 0 bridgehead atoms. The fraction of sp³-hybridized carbons (Fsp3) is 0. The first kappa shape index (κ1) is 12.6. The van der Waals surface area contributed by atoms with Crippen LogP contribution in [-0.4, -0.2) is 20.2 Å². The van der Waals surface area contributed by atoms with Crippen molar-refractivity contribution in [1.82, 2.24) is 20.2 Å². The first-order valence-electron chi connectivity index (χ1n) is 5.84. The van der Waals surface area contributed by atoms with Gasteiger partial charge in [0.2, 0.25) is 0 Å². The molecule has 0 aliphatic heterocycles. The molecule has 3 aromatic rings. The molecule has 0 spiro atoms. The number of nitrogens with zero attached hydrogens (tertiary/aromatic N) is 4. The van der Waals surface area contributed by atoms with E-state index in [0.29, 0.717) is 17.2 Å². The second-order valence-electron chi connectivity index (χ2n) is 4.28. The molecular formula is C13H11BrN6. The van der Waals surface area contributed by atoms with Crippen LogP contribution in [-0.2, 0) is 0 Å². The Kier molecular flexibility index (Phi) is 3.11. The third kappa shape index (κ3) is 2.35. The third-order valence-corrected chi connectivity index (χ3v) is 3.25. The van der Waals surface area contributed by atoms with Gasteiger partial charge in [0.1, 0.15) is 0 Å². The van der Waals surface area contributed by atoms with E-state index >= 15 is 0 Å². The molecule has 0 radical (unpaired) electrons. The van der Waals surface area contributed by atoms with Gasteiger partial charge in [0.05, 0.1) is 5.69 Å². The van der Waals surface area contributed by atoms with Gasteiger partial charge < -0.3 is 11.5 Å². The van der Waals surface area contributed by atoms with Gasteiger partial charge in [-0.1, -0.05) is 22.0 Å². The van der Waals surface area contributed by atoms with Crippen LogP contribution in [0.25, 0.3) is 17.1 Å². The summed E-state index contributed by atoms with van der Waals surface area (Å²) in [6.45, 7) is 0. The molecule has 0 unspecified atom stereocenters. The van der Waals surface area contributed by atoms with E-state index in [9.17, 15) is 0 Å². The first-order valence-corrected chi connectivity index (χ1v) is 6.63. The quantitative estimate of drug-likeness (QED) is 0.702. The molecule has 0 fully saturated rings. The number of hydrogen-bond donors (Lipinski definition) is 2. The van der Waals surface area contributed by atoms with E-state index in [1.54, 1.807) is 22.9 Å². The maximum atomic E-state index is 5.81. The molecule has 0 amide bonds. The lowest BCUT2D eigenvalue weighted by Crippen LogP contribution is -2.01. The number of hydrogen-bond acceptors (Lipinski definition) is 5. The van der Waals surface area contributed by atoms with Crippen molar-refractivity contribution in [3.05, 3.63) is 46.9 Å². The maximum absolute atomic E-state index is 5.81. The number of halogens is 1. The van der Waals surface area contributed by atoms with Crippen molar-refractivity contribution in [2.24, 2.45) is 0 Å². The summed E-state index contributed by atoms with van der Waals surface area (Å²) in [4.78, 5) is 0. The standard InChI is InChI=1S/C13H11BrN6/c14-9-2-1-3-12(6-9)20-13(17-18-19-20)8-4-10(15)7-11(16)5-8/h1-7H,15-16H2. The monoisotopic (exact) mass is 330 g/mol. The number of anilines is 2. The molecule has 100 valence electrons. The number of nitrogen functional groups attached to an aromatic ring is 2. The Bertz CT molecular complexity index is 747. The van der Waals surface area contributed by atoms with Crippen molar-refractivity contribution in [3.63, 3.8) is 0 Å². The molecule has 20 heavy (non-hydrogen) atoms. The predicted octanol–water partition coefficient (Wildman–Crippen LogP) is 2.26.